The minimum absolute atomic E-state index is 0.147. The van der Waals surface area contributed by atoms with Gasteiger partial charge in [-0.2, -0.15) is 0 Å². The minimum Gasteiger partial charge on any atom is -0.444 e. The van der Waals surface area contributed by atoms with E-state index in [2.05, 4.69) is 10.3 Å². The summed E-state index contributed by atoms with van der Waals surface area (Å²) in [6.45, 7) is 7.61. The minimum atomic E-state index is -0.640. The van der Waals surface area contributed by atoms with E-state index in [0.717, 1.165) is 17.7 Å². The third kappa shape index (κ3) is 3.71. The molecule has 1 atom stereocenters. The standard InChI is InChI=1S/C15H21N3O3/c1-10(17-14(20)21-15(2,3)4)13(19)18-8-6-11-9-16-7-5-12(11)18/h5,7,9-10H,6,8H2,1-4H3,(H,17,20)/t10-/m0/s1. The monoisotopic (exact) mass is 291 g/mol. The number of nitrogens with zero attached hydrogens (tertiary/aromatic N) is 2. The molecule has 0 aliphatic carbocycles. The molecule has 1 N–H and O–H groups in total. The zero-order valence-electron chi connectivity index (χ0n) is 12.8. The molecule has 0 radical (unpaired) electrons. The number of carbonyl (C=O) groups excluding carboxylic acids is 2. The van der Waals surface area contributed by atoms with Gasteiger partial charge in [0.2, 0.25) is 5.91 Å². The van der Waals surface area contributed by atoms with E-state index in [9.17, 15) is 9.59 Å². The highest BCUT2D eigenvalue weighted by atomic mass is 16.6. The maximum absolute atomic E-state index is 12.4. The lowest BCUT2D eigenvalue weighted by Gasteiger charge is -2.24. The highest BCUT2D eigenvalue weighted by Crippen LogP contribution is 2.27. The number of amides is 2. The molecule has 2 heterocycles. The predicted molar refractivity (Wildman–Crippen MR) is 79.1 cm³/mol. The van der Waals surface area contributed by atoms with E-state index < -0.39 is 17.7 Å². The molecule has 2 rings (SSSR count). The molecule has 0 bridgehead atoms. The molecule has 0 saturated carbocycles. The first kappa shape index (κ1) is 15.3. The molecule has 114 valence electrons. The Kier molecular flexibility index (Phi) is 4.16. The first-order chi connectivity index (χ1) is 9.78. The largest absolute Gasteiger partial charge is 0.444 e. The molecule has 0 aromatic carbocycles. The van der Waals surface area contributed by atoms with Gasteiger partial charge in [0.25, 0.3) is 0 Å². The van der Waals surface area contributed by atoms with Gasteiger partial charge in [-0.15, -0.1) is 0 Å². The summed E-state index contributed by atoms with van der Waals surface area (Å²) in [4.78, 5) is 29.9. The first-order valence-electron chi connectivity index (χ1n) is 7.02. The van der Waals surface area contributed by atoms with Crippen LogP contribution in [0.3, 0.4) is 0 Å². The van der Waals surface area contributed by atoms with E-state index in [1.165, 1.54) is 0 Å². The highest BCUT2D eigenvalue weighted by molar-refractivity contribution is 5.99. The molecule has 1 aromatic heterocycles. The van der Waals surface area contributed by atoms with Gasteiger partial charge in [0.05, 0.1) is 5.69 Å². The second kappa shape index (κ2) is 5.71. The second-order valence-electron chi connectivity index (χ2n) is 6.11. The lowest BCUT2D eigenvalue weighted by atomic mass is 10.2. The highest BCUT2D eigenvalue weighted by Gasteiger charge is 2.29. The molecule has 0 unspecified atom stereocenters. The van der Waals surface area contributed by atoms with Gasteiger partial charge in [0.1, 0.15) is 11.6 Å². The van der Waals surface area contributed by atoms with Crippen molar-refractivity contribution in [2.24, 2.45) is 0 Å². The van der Waals surface area contributed by atoms with Gasteiger partial charge in [-0.1, -0.05) is 0 Å². The summed E-state index contributed by atoms with van der Waals surface area (Å²) in [5.74, 6) is -0.147. The first-order valence-corrected chi connectivity index (χ1v) is 7.02. The van der Waals surface area contributed by atoms with Crippen LogP contribution < -0.4 is 10.2 Å². The van der Waals surface area contributed by atoms with Gasteiger partial charge < -0.3 is 15.0 Å². The van der Waals surface area contributed by atoms with Crippen molar-refractivity contribution in [3.05, 3.63) is 24.0 Å². The Labute approximate surface area is 124 Å². The number of alkyl carbamates (subject to hydrolysis) is 1. The Bertz CT molecular complexity index is 551. The fourth-order valence-corrected chi connectivity index (χ4v) is 2.24. The van der Waals surface area contributed by atoms with Crippen LogP contribution in [0.15, 0.2) is 18.5 Å². The SMILES string of the molecule is C[C@H](NC(=O)OC(C)(C)C)C(=O)N1CCc2cnccc21. The van der Waals surface area contributed by atoms with Gasteiger partial charge in [0.15, 0.2) is 0 Å². The fourth-order valence-electron chi connectivity index (χ4n) is 2.24. The van der Waals surface area contributed by atoms with E-state index in [-0.39, 0.29) is 5.91 Å². The van der Waals surface area contributed by atoms with Crippen molar-refractivity contribution in [2.75, 3.05) is 11.4 Å². The number of fused-ring (bicyclic) bond motifs is 1. The van der Waals surface area contributed by atoms with Crippen LogP contribution in [-0.4, -0.2) is 35.2 Å². The van der Waals surface area contributed by atoms with Crippen molar-refractivity contribution >= 4 is 17.7 Å². The molecular weight excluding hydrogens is 270 g/mol. The van der Waals surface area contributed by atoms with E-state index in [4.69, 9.17) is 4.74 Å². The quantitative estimate of drug-likeness (QED) is 0.903. The predicted octanol–water partition coefficient (Wildman–Crippen LogP) is 1.88. The van der Waals surface area contributed by atoms with Crippen LogP contribution in [0, 0.1) is 0 Å². The third-order valence-electron chi connectivity index (χ3n) is 3.14. The molecule has 1 aliphatic rings. The Morgan fingerprint density at radius 1 is 1.43 bits per heavy atom. The van der Waals surface area contributed by atoms with Gasteiger partial charge in [0, 0.05) is 18.9 Å². The number of ether oxygens (including phenoxy) is 1. The van der Waals surface area contributed by atoms with Crippen LogP contribution in [0.2, 0.25) is 0 Å². The second-order valence-corrected chi connectivity index (χ2v) is 6.11. The number of nitrogens with one attached hydrogen (secondary N) is 1. The smallest absolute Gasteiger partial charge is 0.408 e. The van der Waals surface area contributed by atoms with E-state index in [1.54, 1.807) is 45.0 Å². The molecule has 1 aromatic rings. The number of pyridine rings is 1. The third-order valence-corrected chi connectivity index (χ3v) is 3.14. The van der Waals surface area contributed by atoms with Crippen molar-refractivity contribution in [3.63, 3.8) is 0 Å². The Hall–Kier alpha value is -2.11. The molecule has 0 spiro atoms. The van der Waals surface area contributed by atoms with E-state index >= 15 is 0 Å². The van der Waals surface area contributed by atoms with Crippen molar-refractivity contribution in [1.29, 1.82) is 0 Å². The van der Waals surface area contributed by atoms with E-state index in [0.29, 0.717) is 6.54 Å². The summed E-state index contributed by atoms with van der Waals surface area (Å²) in [6.07, 6.45) is 3.64. The number of hydrogen-bond acceptors (Lipinski definition) is 4. The van der Waals surface area contributed by atoms with Crippen LogP contribution in [-0.2, 0) is 16.0 Å². The zero-order chi connectivity index (χ0) is 15.6. The number of hydrogen-bond donors (Lipinski definition) is 1. The molecule has 6 nitrogen and oxygen atoms in total. The average molecular weight is 291 g/mol. The summed E-state index contributed by atoms with van der Waals surface area (Å²) in [5.41, 5.74) is 1.34. The fraction of sp³-hybridized carbons (Fsp3) is 0.533. The molecule has 6 heteroatoms. The summed E-state index contributed by atoms with van der Waals surface area (Å²) >= 11 is 0. The summed E-state index contributed by atoms with van der Waals surface area (Å²) < 4.78 is 5.16. The average Bonchev–Trinajstić information content (AvgIpc) is 2.79. The lowest BCUT2D eigenvalue weighted by molar-refractivity contribution is -0.120. The lowest BCUT2D eigenvalue weighted by Crippen LogP contribution is -2.47. The Balaban J connectivity index is 1.99. The van der Waals surface area contributed by atoms with Crippen molar-refractivity contribution in [2.45, 2.75) is 45.8 Å². The van der Waals surface area contributed by atoms with E-state index in [1.807, 2.05) is 6.07 Å². The maximum Gasteiger partial charge on any atom is 0.408 e. The molecule has 21 heavy (non-hydrogen) atoms. The van der Waals surface area contributed by atoms with Gasteiger partial charge >= 0.3 is 6.09 Å². The van der Waals surface area contributed by atoms with Crippen molar-refractivity contribution < 1.29 is 14.3 Å². The van der Waals surface area contributed by atoms with Crippen LogP contribution in [0.25, 0.3) is 0 Å². The van der Waals surface area contributed by atoms with Gasteiger partial charge in [-0.05, 0) is 45.7 Å². The zero-order valence-corrected chi connectivity index (χ0v) is 12.8. The van der Waals surface area contributed by atoms with Gasteiger partial charge in [-0.25, -0.2) is 4.79 Å². The Morgan fingerprint density at radius 3 is 2.81 bits per heavy atom. The molecule has 2 amide bonds. The van der Waals surface area contributed by atoms with Gasteiger partial charge in [-0.3, -0.25) is 9.78 Å². The number of anilines is 1. The maximum atomic E-state index is 12.4. The summed E-state index contributed by atoms with van der Waals surface area (Å²) in [5, 5.41) is 2.58. The normalized spacial score (nSPS) is 15.3. The molecule has 0 fully saturated rings. The summed E-state index contributed by atoms with van der Waals surface area (Å²) in [7, 11) is 0. The van der Waals surface area contributed by atoms with Crippen molar-refractivity contribution in [1.82, 2.24) is 10.3 Å². The molecule has 1 aliphatic heterocycles. The van der Waals surface area contributed by atoms with Crippen LogP contribution in [0.4, 0.5) is 10.5 Å². The molecule has 0 saturated heterocycles. The molecular formula is C15H21N3O3. The van der Waals surface area contributed by atoms with Crippen LogP contribution in [0.1, 0.15) is 33.3 Å². The Morgan fingerprint density at radius 2 is 2.14 bits per heavy atom. The topological polar surface area (TPSA) is 71.5 Å². The van der Waals surface area contributed by atoms with Crippen molar-refractivity contribution in [3.8, 4) is 0 Å². The van der Waals surface area contributed by atoms with Crippen LogP contribution >= 0.6 is 0 Å². The number of carbonyl (C=O) groups is 2. The number of rotatable bonds is 2. The summed E-state index contributed by atoms with van der Waals surface area (Å²) in [6, 6.07) is 1.18. The number of aromatic nitrogens is 1. The van der Waals surface area contributed by atoms with Crippen LogP contribution in [0.5, 0.6) is 0 Å².